The van der Waals surface area contributed by atoms with E-state index in [0.29, 0.717) is 24.2 Å². The molecule has 0 rings (SSSR count). The molecule has 4 heteroatoms. The Labute approximate surface area is 174 Å². The third-order valence-corrected chi connectivity index (χ3v) is 4.98. The molecule has 0 saturated carbocycles. The van der Waals surface area contributed by atoms with E-state index in [2.05, 4.69) is 19.1 Å². The minimum absolute atomic E-state index is 0.116. The molecule has 0 heterocycles. The zero-order chi connectivity index (χ0) is 21.1. The zero-order valence-electron chi connectivity index (χ0n) is 19.3. The number of hydrogen-bond acceptors (Lipinski definition) is 3. The molecule has 166 valence electrons. The number of likely N-dealkylation sites (N-methyl/N-ethyl adjacent to an activating group) is 1. The van der Waals surface area contributed by atoms with E-state index < -0.39 is 0 Å². The van der Waals surface area contributed by atoms with Crippen molar-refractivity contribution in [1.29, 1.82) is 0 Å². The highest BCUT2D eigenvalue weighted by atomic mass is 16.5. The summed E-state index contributed by atoms with van der Waals surface area (Å²) in [7, 11) is 3.92. The molecule has 0 aliphatic rings. The maximum Gasteiger partial charge on any atom is 0.310 e. The Kier molecular flexibility index (Phi) is 17.6. The van der Waals surface area contributed by atoms with Crippen molar-refractivity contribution in [3.63, 3.8) is 0 Å². The first kappa shape index (κ1) is 27.1. The number of hydrogen-bond donors (Lipinski definition) is 1. The zero-order valence-corrected chi connectivity index (χ0v) is 19.3. The molecule has 4 nitrogen and oxygen atoms in total. The number of rotatable bonds is 19. The van der Waals surface area contributed by atoms with Crippen molar-refractivity contribution < 1.29 is 19.1 Å². The number of carbonyl (C=O) groups is 1. The van der Waals surface area contributed by atoms with Crippen LogP contribution in [0.5, 0.6) is 0 Å². The predicted molar refractivity (Wildman–Crippen MR) is 119 cm³/mol. The molecule has 0 aliphatic heterocycles. The molecule has 28 heavy (non-hydrogen) atoms. The Bertz CT molecular complexity index is 391. The smallest absolute Gasteiger partial charge is 0.310 e. The molecule has 0 saturated heterocycles. The quantitative estimate of drug-likeness (QED) is 0.0956. The molecule has 1 unspecified atom stereocenters. The second kappa shape index (κ2) is 18.2. The summed E-state index contributed by atoms with van der Waals surface area (Å²) in [4.78, 5) is 11.8. The number of aliphatic hydroxyl groups excluding tert-OH is 1. The topological polar surface area (TPSA) is 46.5 Å². The Morgan fingerprint density at radius 2 is 1.39 bits per heavy atom. The SMILES string of the molecule is CCCCCCCC/C=C\CCCCCCCC(=O)OC[N+](C)(C)CC(C)O. The third-order valence-electron chi connectivity index (χ3n) is 4.98. The van der Waals surface area contributed by atoms with Gasteiger partial charge in [0.25, 0.3) is 0 Å². The van der Waals surface area contributed by atoms with Crippen LogP contribution in [0.4, 0.5) is 0 Å². The monoisotopic (exact) mass is 398 g/mol. The first-order valence-corrected chi connectivity index (χ1v) is 11.7. The summed E-state index contributed by atoms with van der Waals surface area (Å²) in [6.45, 7) is 4.93. The standard InChI is InChI=1S/C24H48NO3/c1-5-6-7-8-9-10-11-12-13-14-15-16-17-18-19-20-24(27)28-22-25(3,4)21-23(2)26/h12-13,23,26H,5-11,14-22H2,1-4H3/q+1/b13-12-. The third kappa shape index (κ3) is 19.9. The Morgan fingerprint density at radius 1 is 0.893 bits per heavy atom. The van der Waals surface area contributed by atoms with Gasteiger partial charge in [0.1, 0.15) is 12.6 Å². The average Bonchev–Trinajstić information content (AvgIpc) is 2.62. The summed E-state index contributed by atoms with van der Waals surface area (Å²) < 4.78 is 5.84. The highest BCUT2D eigenvalue weighted by molar-refractivity contribution is 5.69. The number of carbonyl (C=O) groups excluding carboxylic acids is 1. The molecule has 1 atom stereocenters. The van der Waals surface area contributed by atoms with Crippen LogP contribution >= 0.6 is 0 Å². The van der Waals surface area contributed by atoms with Crippen molar-refractivity contribution in [3.8, 4) is 0 Å². The normalized spacial score (nSPS) is 13.2. The minimum atomic E-state index is -0.390. The second-order valence-corrected chi connectivity index (χ2v) is 8.95. The van der Waals surface area contributed by atoms with Crippen molar-refractivity contribution in [2.45, 2.75) is 110 Å². The van der Waals surface area contributed by atoms with Crippen LogP contribution in [0.3, 0.4) is 0 Å². The molecule has 0 bridgehead atoms. The van der Waals surface area contributed by atoms with Crippen LogP contribution in [0, 0.1) is 0 Å². The minimum Gasteiger partial charge on any atom is -0.415 e. The maximum absolute atomic E-state index is 11.8. The fraction of sp³-hybridized carbons (Fsp3) is 0.875. The average molecular weight is 399 g/mol. The molecular weight excluding hydrogens is 350 g/mol. The predicted octanol–water partition coefficient (Wildman–Crippen LogP) is 5.98. The van der Waals surface area contributed by atoms with E-state index in [1.165, 1.54) is 70.6 Å². The van der Waals surface area contributed by atoms with Gasteiger partial charge in [0.15, 0.2) is 0 Å². The fourth-order valence-electron chi connectivity index (χ4n) is 3.43. The van der Waals surface area contributed by atoms with Crippen molar-refractivity contribution in [2.75, 3.05) is 27.4 Å². The van der Waals surface area contributed by atoms with Crippen molar-refractivity contribution in [1.82, 2.24) is 0 Å². The van der Waals surface area contributed by atoms with Crippen molar-refractivity contribution in [2.24, 2.45) is 0 Å². The lowest BCUT2D eigenvalue weighted by molar-refractivity contribution is -0.909. The second-order valence-electron chi connectivity index (χ2n) is 8.95. The molecule has 0 radical (unpaired) electrons. The van der Waals surface area contributed by atoms with Gasteiger partial charge in [-0.3, -0.25) is 9.28 Å². The largest absolute Gasteiger partial charge is 0.415 e. The van der Waals surface area contributed by atoms with Gasteiger partial charge < -0.3 is 9.84 Å². The summed E-state index contributed by atoms with van der Waals surface area (Å²) >= 11 is 0. The van der Waals surface area contributed by atoms with E-state index in [1.54, 1.807) is 6.92 Å². The van der Waals surface area contributed by atoms with Gasteiger partial charge in [-0.15, -0.1) is 0 Å². The highest BCUT2D eigenvalue weighted by Crippen LogP contribution is 2.10. The van der Waals surface area contributed by atoms with Crippen LogP contribution in [0.2, 0.25) is 0 Å². The van der Waals surface area contributed by atoms with Gasteiger partial charge in [-0.1, -0.05) is 70.4 Å². The lowest BCUT2D eigenvalue weighted by atomic mass is 10.1. The van der Waals surface area contributed by atoms with Crippen LogP contribution in [0.15, 0.2) is 12.2 Å². The van der Waals surface area contributed by atoms with Crippen LogP contribution in [-0.2, 0) is 9.53 Å². The molecule has 0 spiro atoms. The summed E-state index contributed by atoms with van der Waals surface area (Å²) in [6, 6.07) is 0. The summed E-state index contributed by atoms with van der Waals surface area (Å²) in [6.07, 6.45) is 21.2. The van der Waals surface area contributed by atoms with Crippen LogP contribution in [-0.4, -0.2) is 49.0 Å². The lowest BCUT2D eigenvalue weighted by Crippen LogP contribution is -2.46. The van der Waals surface area contributed by atoms with Crippen LogP contribution in [0.25, 0.3) is 0 Å². The Hall–Kier alpha value is -0.870. The molecular formula is C24H48NO3+. The molecule has 0 aromatic rings. The van der Waals surface area contributed by atoms with Crippen LogP contribution < -0.4 is 0 Å². The number of unbranched alkanes of at least 4 members (excludes halogenated alkanes) is 11. The summed E-state index contributed by atoms with van der Waals surface area (Å²) in [5, 5.41) is 9.45. The molecule has 0 aromatic heterocycles. The maximum atomic E-state index is 11.8. The molecule has 0 amide bonds. The Balaban J connectivity index is 3.40. The van der Waals surface area contributed by atoms with Gasteiger partial charge >= 0.3 is 5.97 Å². The van der Waals surface area contributed by atoms with Gasteiger partial charge in [0.05, 0.1) is 14.1 Å². The Morgan fingerprint density at radius 3 is 1.93 bits per heavy atom. The first-order valence-electron chi connectivity index (χ1n) is 11.7. The number of allylic oxidation sites excluding steroid dienone is 2. The van der Waals surface area contributed by atoms with Gasteiger partial charge in [-0.2, -0.15) is 0 Å². The lowest BCUT2D eigenvalue weighted by Gasteiger charge is -2.29. The number of esters is 1. The molecule has 0 fully saturated rings. The van der Waals surface area contributed by atoms with Gasteiger partial charge in [0.2, 0.25) is 6.73 Å². The fourth-order valence-corrected chi connectivity index (χ4v) is 3.43. The number of ether oxygens (including phenoxy) is 1. The number of nitrogens with zero attached hydrogens (tertiary/aromatic N) is 1. The van der Waals surface area contributed by atoms with E-state index in [1.807, 2.05) is 14.1 Å². The van der Waals surface area contributed by atoms with Crippen molar-refractivity contribution in [3.05, 3.63) is 12.2 Å². The van der Waals surface area contributed by atoms with E-state index in [-0.39, 0.29) is 12.1 Å². The number of quaternary nitrogens is 1. The van der Waals surface area contributed by atoms with Gasteiger partial charge in [-0.05, 0) is 39.0 Å². The summed E-state index contributed by atoms with van der Waals surface area (Å²) in [5.41, 5.74) is 0. The van der Waals surface area contributed by atoms with Crippen LogP contribution in [0.1, 0.15) is 104 Å². The first-order chi connectivity index (χ1) is 13.4. The van der Waals surface area contributed by atoms with Crippen molar-refractivity contribution >= 4 is 5.97 Å². The van der Waals surface area contributed by atoms with E-state index in [4.69, 9.17) is 4.74 Å². The molecule has 0 aliphatic carbocycles. The van der Waals surface area contributed by atoms with E-state index in [9.17, 15) is 9.90 Å². The highest BCUT2D eigenvalue weighted by Gasteiger charge is 2.19. The van der Waals surface area contributed by atoms with Gasteiger partial charge in [-0.25, -0.2) is 0 Å². The van der Waals surface area contributed by atoms with Gasteiger partial charge in [0, 0.05) is 6.42 Å². The van der Waals surface area contributed by atoms with E-state index >= 15 is 0 Å². The summed E-state index contributed by atoms with van der Waals surface area (Å²) in [5.74, 6) is -0.116. The number of aliphatic hydroxyl groups is 1. The van der Waals surface area contributed by atoms with E-state index in [0.717, 1.165) is 12.8 Å². The molecule has 1 N–H and O–H groups in total. The molecule has 0 aromatic carbocycles.